The van der Waals surface area contributed by atoms with Crippen LogP contribution >= 0.6 is 11.3 Å². The molecule has 0 saturated heterocycles. The molecular formula is C18H17N5O3S. The smallest absolute Gasteiger partial charge is 0.316 e. The van der Waals surface area contributed by atoms with Gasteiger partial charge in [0.05, 0.1) is 21.7 Å². The van der Waals surface area contributed by atoms with Gasteiger partial charge in [0.25, 0.3) is 5.89 Å². The molecule has 0 spiro atoms. The Morgan fingerprint density at radius 2 is 1.96 bits per heavy atom. The summed E-state index contributed by atoms with van der Waals surface area (Å²) in [5, 5.41) is 4.98. The van der Waals surface area contributed by atoms with Gasteiger partial charge in [-0.1, -0.05) is 5.16 Å². The molecule has 0 saturated carbocycles. The van der Waals surface area contributed by atoms with Crippen molar-refractivity contribution in [1.82, 2.24) is 24.7 Å². The van der Waals surface area contributed by atoms with Gasteiger partial charge in [0, 0.05) is 11.6 Å². The van der Waals surface area contributed by atoms with Crippen LogP contribution in [0.15, 0.2) is 32.3 Å². The average Bonchev–Trinajstić information content (AvgIpc) is 3.21. The highest BCUT2D eigenvalue weighted by Crippen LogP contribution is 2.30. The molecule has 138 valence electrons. The second kappa shape index (κ2) is 6.27. The van der Waals surface area contributed by atoms with Crippen LogP contribution in [0.1, 0.15) is 30.6 Å². The molecule has 0 radical (unpaired) electrons. The van der Waals surface area contributed by atoms with Crippen LogP contribution in [0.4, 0.5) is 0 Å². The van der Waals surface area contributed by atoms with E-state index in [2.05, 4.69) is 20.1 Å². The molecule has 27 heavy (non-hydrogen) atoms. The number of rotatable bonds is 3. The van der Waals surface area contributed by atoms with Gasteiger partial charge in [0.2, 0.25) is 5.82 Å². The van der Waals surface area contributed by atoms with Crippen LogP contribution in [0.25, 0.3) is 33.2 Å². The Kier molecular flexibility index (Phi) is 4.03. The van der Waals surface area contributed by atoms with E-state index in [0.717, 1.165) is 15.6 Å². The molecular weight excluding hydrogens is 366 g/mol. The highest BCUT2D eigenvalue weighted by Gasteiger charge is 2.17. The first-order chi connectivity index (χ1) is 12.8. The van der Waals surface area contributed by atoms with Crippen molar-refractivity contribution in [2.45, 2.75) is 33.7 Å². The molecule has 9 heteroatoms. The van der Waals surface area contributed by atoms with Gasteiger partial charge in [-0.05, 0) is 45.9 Å². The first kappa shape index (κ1) is 17.3. The van der Waals surface area contributed by atoms with Crippen LogP contribution in [-0.4, -0.2) is 24.7 Å². The number of thiazole rings is 1. The molecule has 1 N–H and O–H groups in total. The summed E-state index contributed by atoms with van der Waals surface area (Å²) in [4.78, 5) is 36.4. The predicted octanol–water partition coefficient (Wildman–Crippen LogP) is 3.06. The molecule has 3 heterocycles. The first-order valence-electron chi connectivity index (χ1n) is 8.42. The third-order valence-electron chi connectivity index (χ3n) is 4.22. The van der Waals surface area contributed by atoms with E-state index in [1.54, 1.807) is 18.2 Å². The Labute approximate surface area is 157 Å². The summed E-state index contributed by atoms with van der Waals surface area (Å²) < 4.78 is 6.87. The van der Waals surface area contributed by atoms with Gasteiger partial charge in [0.1, 0.15) is 4.88 Å². The van der Waals surface area contributed by atoms with Crippen LogP contribution in [0, 0.1) is 13.8 Å². The third-order valence-corrected chi connectivity index (χ3v) is 5.28. The Bertz CT molecular complexity index is 1280. The SMILES string of the molecule is Cc1nc(C)c(-c2nc(-c3ccc4c(c3)[nH]c(=O)c(=O)n4C(C)C)no2)s1. The minimum absolute atomic E-state index is 0.137. The second-order valence-corrected chi connectivity index (χ2v) is 7.73. The molecule has 8 nitrogen and oxygen atoms in total. The van der Waals surface area contributed by atoms with E-state index < -0.39 is 11.1 Å². The molecule has 0 bridgehead atoms. The van der Waals surface area contributed by atoms with Gasteiger partial charge in [-0.3, -0.25) is 14.2 Å². The van der Waals surface area contributed by atoms with E-state index in [0.29, 0.717) is 28.3 Å². The minimum Gasteiger partial charge on any atom is -0.333 e. The van der Waals surface area contributed by atoms with E-state index in [4.69, 9.17) is 4.52 Å². The Morgan fingerprint density at radius 3 is 2.63 bits per heavy atom. The Hall–Kier alpha value is -3.07. The number of aryl methyl sites for hydroxylation is 2. The summed E-state index contributed by atoms with van der Waals surface area (Å²) in [5.41, 5.74) is 1.50. The summed E-state index contributed by atoms with van der Waals surface area (Å²) in [7, 11) is 0. The molecule has 0 aliphatic rings. The van der Waals surface area contributed by atoms with Crippen molar-refractivity contribution in [1.29, 1.82) is 0 Å². The van der Waals surface area contributed by atoms with E-state index in [1.165, 1.54) is 15.9 Å². The van der Waals surface area contributed by atoms with Gasteiger partial charge in [-0.25, -0.2) is 4.98 Å². The number of aromatic amines is 1. The number of fused-ring (bicyclic) bond motifs is 1. The van der Waals surface area contributed by atoms with Crippen LogP contribution in [0.2, 0.25) is 0 Å². The van der Waals surface area contributed by atoms with Crippen LogP contribution in [0.5, 0.6) is 0 Å². The van der Waals surface area contributed by atoms with Gasteiger partial charge in [0.15, 0.2) is 0 Å². The fourth-order valence-electron chi connectivity index (χ4n) is 3.06. The monoisotopic (exact) mass is 383 g/mol. The van der Waals surface area contributed by atoms with E-state index in [1.807, 2.05) is 27.7 Å². The van der Waals surface area contributed by atoms with Crippen molar-refractivity contribution >= 4 is 22.4 Å². The zero-order valence-electron chi connectivity index (χ0n) is 15.2. The van der Waals surface area contributed by atoms with Crippen molar-refractivity contribution in [2.75, 3.05) is 0 Å². The fourth-order valence-corrected chi connectivity index (χ4v) is 3.90. The summed E-state index contributed by atoms with van der Waals surface area (Å²) >= 11 is 1.49. The molecule has 0 fully saturated rings. The van der Waals surface area contributed by atoms with Crippen LogP contribution < -0.4 is 11.1 Å². The lowest BCUT2D eigenvalue weighted by molar-refractivity contribution is 0.433. The number of nitrogens with zero attached hydrogens (tertiary/aromatic N) is 4. The van der Waals surface area contributed by atoms with Gasteiger partial charge in [-0.15, -0.1) is 11.3 Å². The molecule has 0 aliphatic heterocycles. The normalized spacial score (nSPS) is 11.6. The van der Waals surface area contributed by atoms with Crippen LogP contribution in [0.3, 0.4) is 0 Å². The zero-order valence-corrected chi connectivity index (χ0v) is 16.0. The number of hydrogen-bond acceptors (Lipinski definition) is 7. The molecule has 0 amide bonds. The maximum Gasteiger partial charge on any atom is 0.316 e. The quantitative estimate of drug-likeness (QED) is 0.545. The lowest BCUT2D eigenvalue weighted by Crippen LogP contribution is -2.37. The van der Waals surface area contributed by atoms with Gasteiger partial charge in [-0.2, -0.15) is 4.98 Å². The number of hydrogen-bond donors (Lipinski definition) is 1. The van der Waals surface area contributed by atoms with Gasteiger partial charge >= 0.3 is 11.1 Å². The molecule has 4 rings (SSSR count). The lowest BCUT2D eigenvalue weighted by Gasteiger charge is -2.13. The first-order valence-corrected chi connectivity index (χ1v) is 9.24. The highest BCUT2D eigenvalue weighted by molar-refractivity contribution is 7.15. The minimum atomic E-state index is -0.655. The topological polar surface area (TPSA) is 107 Å². The predicted molar refractivity (Wildman–Crippen MR) is 103 cm³/mol. The largest absolute Gasteiger partial charge is 0.333 e. The molecule has 0 atom stereocenters. The lowest BCUT2D eigenvalue weighted by atomic mass is 10.1. The van der Waals surface area contributed by atoms with Crippen molar-refractivity contribution in [3.8, 4) is 22.2 Å². The Morgan fingerprint density at radius 1 is 1.19 bits per heavy atom. The molecule has 3 aromatic heterocycles. The summed E-state index contributed by atoms with van der Waals surface area (Å²) in [6.45, 7) is 7.54. The Balaban J connectivity index is 1.84. The zero-order chi connectivity index (χ0) is 19.3. The molecule has 0 unspecified atom stereocenters. The van der Waals surface area contributed by atoms with Gasteiger partial charge < -0.3 is 9.51 Å². The summed E-state index contributed by atoms with van der Waals surface area (Å²) in [6.07, 6.45) is 0. The van der Waals surface area contributed by atoms with Crippen molar-refractivity contribution in [2.24, 2.45) is 0 Å². The second-order valence-electron chi connectivity index (χ2n) is 6.53. The van der Waals surface area contributed by atoms with Crippen molar-refractivity contribution < 1.29 is 4.52 Å². The van der Waals surface area contributed by atoms with E-state index in [-0.39, 0.29) is 6.04 Å². The maximum atomic E-state index is 12.1. The molecule has 1 aromatic carbocycles. The number of aromatic nitrogens is 5. The average molecular weight is 383 g/mol. The molecule has 0 aliphatic carbocycles. The number of nitrogens with one attached hydrogen (secondary N) is 1. The fraction of sp³-hybridized carbons (Fsp3) is 0.278. The van der Waals surface area contributed by atoms with Crippen molar-refractivity contribution in [3.63, 3.8) is 0 Å². The van der Waals surface area contributed by atoms with E-state index in [9.17, 15) is 9.59 Å². The number of benzene rings is 1. The highest BCUT2D eigenvalue weighted by atomic mass is 32.1. The van der Waals surface area contributed by atoms with E-state index >= 15 is 0 Å². The van der Waals surface area contributed by atoms with Crippen molar-refractivity contribution in [3.05, 3.63) is 49.6 Å². The summed E-state index contributed by atoms with van der Waals surface area (Å²) in [5.74, 6) is 0.814. The maximum absolute atomic E-state index is 12.1. The summed E-state index contributed by atoms with van der Waals surface area (Å²) in [6, 6.07) is 5.19. The third kappa shape index (κ3) is 2.89. The van der Waals surface area contributed by atoms with Crippen LogP contribution in [-0.2, 0) is 0 Å². The number of H-pyrrole nitrogens is 1. The standard InChI is InChI=1S/C18H17N5O3S/c1-8(2)23-13-6-5-11(7-12(13)20-16(24)18(23)25)15-21-17(26-22-15)14-9(3)19-10(4)27-14/h5-8H,1-4H3,(H,20,24). The molecule has 4 aromatic rings.